The Balaban J connectivity index is 1.41. The number of anilines is 1. The average Bonchev–Trinajstić information content (AvgIpc) is 2.84. The highest BCUT2D eigenvalue weighted by atomic mass is 35.5. The highest BCUT2D eigenvalue weighted by Gasteiger charge is 2.34. The molecular formula is C28H26ClF4N3. The zero-order valence-corrected chi connectivity index (χ0v) is 20.3. The molecule has 1 heterocycles. The van der Waals surface area contributed by atoms with Crippen molar-refractivity contribution in [1.82, 2.24) is 9.88 Å². The van der Waals surface area contributed by atoms with Crippen molar-refractivity contribution in [2.45, 2.75) is 32.1 Å². The largest absolute Gasteiger partial charge is 0.416 e. The summed E-state index contributed by atoms with van der Waals surface area (Å²) in [5.74, 6) is -0.839. The standard InChI is InChI=1S/C28H26ClF4N3/c29-21-11-12-22-26(13-15-35-27(22)17-21)34-14-4-5-16-36(18-20-7-2-1-3-8-20)19-23-24(28(31,32)33)9-6-10-25(23)30/h1-3,6-13,15,17H,4-5,14,16,18-19H2,(H,34,35). The number of hydrogen-bond acceptors (Lipinski definition) is 3. The molecule has 0 aliphatic carbocycles. The van der Waals surface area contributed by atoms with Crippen molar-refractivity contribution in [2.75, 3.05) is 18.4 Å². The Hall–Kier alpha value is -3.16. The predicted octanol–water partition coefficient (Wildman–Crippen LogP) is 7.94. The van der Waals surface area contributed by atoms with Crippen molar-refractivity contribution in [3.8, 4) is 0 Å². The van der Waals surface area contributed by atoms with Crippen LogP contribution in [0.2, 0.25) is 5.02 Å². The van der Waals surface area contributed by atoms with Gasteiger partial charge in [-0.3, -0.25) is 9.88 Å². The summed E-state index contributed by atoms with van der Waals surface area (Å²) in [6.45, 7) is 1.50. The zero-order chi connectivity index (χ0) is 25.5. The third kappa shape index (κ3) is 6.74. The van der Waals surface area contributed by atoms with Crippen molar-refractivity contribution >= 4 is 28.2 Å². The quantitative estimate of drug-likeness (QED) is 0.172. The minimum absolute atomic E-state index is 0.125. The lowest BCUT2D eigenvalue weighted by Crippen LogP contribution is -2.26. The first-order chi connectivity index (χ1) is 17.3. The summed E-state index contributed by atoms with van der Waals surface area (Å²) in [4.78, 5) is 6.21. The van der Waals surface area contributed by atoms with Gasteiger partial charge in [0.25, 0.3) is 0 Å². The van der Waals surface area contributed by atoms with E-state index in [4.69, 9.17) is 11.6 Å². The van der Waals surface area contributed by atoms with E-state index in [-0.39, 0.29) is 12.1 Å². The molecule has 3 nitrogen and oxygen atoms in total. The van der Waals surface area contributed by atoms with E-state index >= 15 is 0 Å². The van der Waals surface area contributed by atoms with Gasteiger partial charge < -0.3 is 5.32 Å². The summed E-state index contributed by atoms with van der Waals surface area (Å²) in [5.41, 5.74) is 1.46. The highest BCUT2D eigenvalue weighted by molar-refractivity contribution is 6.31. The first kappa shape index (κ1) is 25.9. The first-order valence-electron chi connectivity index (χ1n) is 11.7. The van der Waals surface area contributed by atoms with E-state index in [9.17, 15) is 17.6 Å². The van der Waals surface area contributed by atoms with Gasteiger partial charge in [0.05, 0.1) is 11.1 Å². The number of aromatic nitrogens is 1. The fraction of sp³-hybridized carbons (Fsp3) is 0.250. The number of pyridine rings is 1. The number of nitrogens with zero attached hydrogens (tertiary/aromatic N) is 2. The molecule has 0 atom stereocenters. The molecule has 1 N–H and O–H groups in total. The van der Waals surface area contributed by atoms with Crippen LogP contribution in [-0.2, 0) is 19.3 Å². The second kappa shape index (κ2) is 11.7. The molecule has 0 bridgehead atoms. The SMILES string of the molecule is Fc1cccc(C(F)(F)F)c1CN(CCCCNc1ccnc2cc(Cl)ccc12)Cc1ccccc1. The van der Waals surface area contributed by atoms with Gasteiger partial charge in [0.1, 0.15) is 5.82 Å². The predicted molar refractivity (Wildman–Crippen MR) is 136 cm³/mol. The summed E-state index contributed by atoms with van der Waals surface area (Å²) < 4.78 is 55.2. The first-order valence-corrected chi connectivity index (χ1v) is 12.1. The second-order valence-corrected chi connectivity index (χ2v) is 9.05. The van der Waals surface area contributed by atoms with Crippen LogP contribution in [0.25, 0.3) is 10.9 Å². The van der Waals surface area contributed by atoms with Crippen LogP contribution in [0.5, 0.6) is 0 Å². The van der Waals surface area contributed by atoms with Crippen LogP contribution in [0.3, 0.4) is 0 Å². The van der Waals surface area contributed by atoms with Crippen molar-refractivity contribution in [3.63, 3.8) is 0 Å². The lowest BCUT2D eigenvalue weighted by atomic mass is 10.0. The fourth-order valence-electron chi connectivity index (χ4n) is 4.22. The number of hydrogen-bond donors (Lipinski definition) is 1. The molecular weight excluding hydrogens is 490 g/mol. The minimum atomic E-state index is -4.61. The highest BCUT2D eigenvalue weighted by Crippen LogP contribution is 2.34. The normalized spacial score (nSPS) is 11.8. The molecule has 0 radical (unpaired) electrons. The van der Waals surface area contributed by atoms with E-state index in [0.29, 0.717) is 24.7 Å². The number of rotatable bonds is 10. The van der Waals surface area contributed by atoms with Gasteiger partial charge in [-0.15, -0.1) is 0 Å². The molecule has 0 saturated carbocycles. The molecule has 3 aromatic carbocycles. The number of alkyl halides is 3. The van der Waals surface area contributed by atoms with Crippen LogP contribution in [0.4, 0.5) is 23.2 Å². The van der Waals surface area contributed by atoms with Gasteiger partial charge in [0, 0.05) is 47.5 Å². The second-order valence-electron chi connectivity index (χ2n) is 8.61. The van der Waals surface area contributed by atoms with Gasteiger partial charge in [0.15, 0.2) is 0 Å². The van der Waals surface area contributed by atoms with E-state index < -0.39 is 17.6 Å². The number of nitrogens with one attached hydrogen (secondary N) is 1. The Morgan fingerprint density at radius 2 is 1.69 bits per heavy atom. The van der Waals surface area contributed by atoms with E-state index in [0.717, 1.165) is 53.2 Å². The monoisotopic (exact) mass is 515 g/mol. The molecule has 4 aromatic rings. The Morgan fingerprint density at radius 3 is 2.47 bits per heavy atom. The molecule has 0 amide bonds. The van der Waals surface area contributed by atoms with Gasteiger partial charge in [-0.05, 0) is 61.3 Å². The Morgan fingerprint density at radius 1 is 0.889 bits per heavy atom. The van der Waals surface area contributed by atoms with Crippen molar-refractivity contribution in [2.24, 2.45) is 0 Å². The molecule has 0 unspecified atom stereocenters. The van der Waals surface area contributed by atoms with E-state index in [1.807, 2.05) is 53.4 Å². The smallest absolute Gasteiger partial charge is 0.384 e. The number of fused-ring (bicyclic) bond motifs is 1. The summed E-state index contributed by atoms with van der Waals surface area (Å²) in [6.07, 6.45) is -1.39. The van der Waals surface area contributed by atoms with Gasteiger partial charge >= 0.3 is 6.18 Å². The van der Waals surface area contributed by atoms with Gasteiger partial charge in [-0.2, -0.15) is 13.2 Å². The van der Waals surface area contributed by atoms with Crippen LogP contribution < -0.4 is 5.32 Å². The molecule has 1 aromatic heterocycles. The van der Waals surface area contributed by atoms with Crippen molar-refractivity contribution < 1.29 is 17.6 Å². The third-order valence-electron chi connectivity index (χ3n) is 5.98. The van der Waals surface area contributed by atoms with E-state index in [1.165, 1.54) is 0 Å². The molecule has 8 heteroatoms. The number of benzene rings is 3. The van der Waals surface area contributed by atoms with Crippen molar-refractivity contribution in [3.05, 3.63) is 107 Å². The lowest BCUT2D eigenvalue weighted by Gasteiger charge is -2.25. The summed E-state index contributed by atoms with van der Waals surface area (Å²) >= 11 is 6.06. The Bertz CT molecular complexity index is 1300. The molecule has 0 saturated heterocycles. The maximum absolute atomic E-state index is 14.5. The topological polar surface area (TPSA) is 28.2 Å². The number of unbranched alkanes of at least 4 members (excludes halogenated alkanes) is 1. The average molecular weight is 516 g/mol. The van der Waals surface area contributed by atoms with E-state index in [2.05, 4.69) is 10.3 Å². The van der Waals surface area contributed by atoms with Crippen LogP contribution in [0.1, 0.15) is 29.5 Å². The summed E-state index contributed by atoms with van der Waals surface area (Å²) in [5, 5.41) is 4.99. The van der Waals surface area contributed by atoms with Crippen LogP contribution in [-0.4, -0.2) is 23.0 Å². The van der Waals surface area contributed by atoms with Crippen LogP contribution in [0, 0.1) is 5.82 Å². The Kier molecular flexibility index (Phi) is 8.44. The fourth-order valence-corrected chi connectivity index (χ4v) is 4.39. The van der Waals surface area contributed by atoms with Crippen molar-refractivity contribution in [1.29, 1.82) is 0 Å². The molecule has 0 aliphatic heterocycles. The number of halogens is 5. The molecule has 0 spiro atoms. The van der Waals surface area contributed by atoms with Gasteiger partial charge in [-0.1, -0.05) is 48.0 Å². The van der Waals surface area contributed by atoms with Crippen LogP contribution >= 0.6 is 11.6 Å². The van der Waals surface area contributed by atoms with Gasteiger partial charge in [0.2, 0.25) is 0 Å². The Labute approximate surface area is 212 Å². The zero-order valence-electron chi connectivity index (χ0n) is 19.5. The molecule has 0 fully saturated rings. The summed E-state index contributed by atoms with van der Waals surface area (Å²) in [6, 6.07) is 20.1. The lowest BCUT2D eigenvalue weighted by molar-refractivity contribution is -0.138. The van der Waals surface area contributed by atoms with E-state index in [1.54, 1.807) is 12.3 Å². The summed E-state index contributed by atoms with van der Waals surface area (Å²) in [7, 11) is 0. The molecule has 4 rings (SSSR count). The molecule has 0 aliphatic rings. The third-order valence-corrected chi connectivity index (χ3v) is 6.21. The molecule has 188 valence electrons. The maximum Gasteiger partial charge on any atom is 0.416 e. The van der Waals surface area contributed by atoms with Crippen LogP contribution in [0.15, 0.2) is 79.0 Å². The van der Waals surface area contributed by atoms with Gasteiger partial charge in [-0.25, -0.2) is 4.39 Å². The minimum Gasteiger partial charge on any atom is -0.384 e. The molecule has 36 heavy (non-hydrogen) atoms. The maximum atomic E-state index is 14.5.